The summed E-state index contributed by atoms with van der Waals surface area (Å²) >= 11 is 0. The SMILES string of the molecule is CC(C#N)c1ccc(OCc2ccccc2)cc1. The molecule has 0 aromatic heterocycles. The standard InChI is InChI=1S/C16H15NO/c1-13(11-17)15-7-9-16(10-8-15)18-12-14-5-3-2-4-6-14/h2-10,13H,12H2,1H3. The van der Waals surface area contributed by atoms with Crippen molar-refractivity contribution in [2.24, 2.45) is 0 Å². The van der Waals surface area contributed by atoms with E-state index in [4.69, 9.17) is 10.00 Å². The van der Waals surface area contributed by atoms with E-state index in [9.17, 15) is 0 Å². The van der Waals surface area contributed by atoms with Crippen LogP contribution in [0.4, 0.5) is 0 Å². The number of nitriles is 1. The van der Waals surface area contributed by atoms with Crippen molar-refractivity contribution >= 4 is 0 Å². The predicted molar refractivity (Wildman–Crippen MR) is 71.2 cm³/mol. The molecule has 0 N–H and O–H groups in total. The molecule has 2 aromatic carbocycles. The maximum absolute atomic E-state index is 8.83. The minimum absolute atomic E-state index is 0.0758. The molecule has 0 bridgehead atoms. The summed E-state index contributed by atoms with van der Waals surface area (Å²) in [5.41, 5.74) is 2.16. The molecule has 0 heterocycles. The maximum Gasteiger partial charge on any atom is 0.119 e. The molecule has 90 valence electrons. The van der Waals surface area contributed by atoms with Crippen LogP contribution in [-0.4, -0.2) is 0 Å². The van der Waals surface area contributed by atoms with Crippen molar-refractivity contribution in [2.75, 3.05) is 0 Å². The van der Waals surface area contributed by atoms with Crippen molar-refractivity contribution in [2.45, 2.75) is 19.4 Å². The van der Waals surface area contributed by atoms with E-state index in [2.05, 4.69) is 6.07 Å². The molecule has 0 aliphatic rings. The van der Waals surface area contributed by atoms with Gasteiger partial charge >= 0.3 is 0 Å². The lowest BCUT2D eigenvalue weighted by Crippen LogP contribution is -1.95. The van der Waals surface area contributed by atoms with Crippen LogP contribution in [0.1, 0.15) is 24.0 Å². The summed E-state index contributed by atoms with van der Waals surface area (Å²) in [5.74, 6) is 0.751. The monoisotopic (exact) mass is 237 g/mol. The summed E-state index contributed by atoms with van der Waals surface area (Å²) < 4.78 is 5.68. The van der Waals surface area contributed by atoms with Crippen LogP contribution >= 0.6 is 0 Å². The van der Waals surface area contributed by atoms with E-state index in [1.54, 1.807) is 0 Å². The van der Waals surface area contributed by atoms with Gasteiger partial charge in [-0.3, -0.25) is 0 Å². The van der Waals surface area contributed by atoms with Crippen LogP contribution in [0.25, 0.3) is 0 Å². The molecule has 0 spiro atoms. The highest BCUT2D eigenvalue weighted by Gasteiger charge is 2.03. The van der Waals surface area contributed by atoms with Gasteiger partial charge in [-0.25, -0.2) is 0 Å². The van der Waals surface area contributed by atoms with Crippen molar-refractivity contribution in [1.29, 1.82) is 5.26 Å². The van der Waals surface area contributed by atoms with E-state index in [-0.39, 0.29) is 5.92 Å². The molecule has 2 heteroatoms. The van der Waals surface area contributed by atoms with Crippen molar-refractivity contribution in [3.8, 4) is 11.8 Å². The van der Waals surface area contributed by atoms with E-state index in [1.807, 2.05) is 61.5 Å². The van der Waals surface area contributed by atoms with E-state index in [0.717, 1.165) is 16.9 Å². The van der Waals surface area contributed by atoms with Gasteiger partial charge in [-0.2, -0.15) is 5.26 Å². The summed E-state index contributed by atoms with van der Waals surface area (Å²) in [6.07, 6.45) is 0. The molecule has 2 nitrogen and oxygen atoms in total. The second kappa shape index (κ2) is 5.88. The van der Waals surface area contributed by atoms with Gasteiger partial charge in [0.2, 0.25) is 0 Å². The van der Waals surface area contributed by atoms with Crippen molar-refractivity contribution in [3.63, 3.8) is 0 Å². The lowest BCUT2D eigenvalue weighted by molar-refractivity contribution is 0.306. The second-order valence-corrected chi connectivity index (χ2v) is 4.19. The zero-order valence-corrected chi connectivity index (χ0v) is 10.3. The molecule has 18 heavy (non-hydrogen) atoms. The fraction of sp³-hybridized carbons (Fsp3) is 0.188. The Hall–Kier alpha value is -2.27. The minimum Gasteiger partial charge on any atom is -0.489 e. The highest BCUT2D eigenvalue weighted by molar-refractivity contribution is 5.31. The smallest absolute Gasteiger partial charge is 0.119 e. The molecular weight excluding hydrogens is 222 g/mol. The van der Waals surface area contributed by atoms with Crippen LogP contribution in [0.3, 0.4) is 0 Å². The Morgan fingerprint density at radius 3 is 2.33 bits per heavy atom. The summed E-state index contributed by atoms with van der Waals surface area (Å²) in [4.78, 5) is 0. The second-order valence-electron chi connectivity index (χ2n) is 4.19. The molecule has 0 saturated heterocycles. The Labute approximate surface area is 107 Å². The Morgan fingerprint density at radius 2 is 1.72 bits per heavy atom. The zero-order valence-electron chi connectivity index (χ0n) is 10.3. The first-order valence-corrected chi connectivity index (χ1v) is 5.96. The number of nitrogens with zero attached hydrogens (tertiary/aromatic N) is 1. The first-order chi connectivity index (χ1) is 8.79. The minimum atomic E-state index is -0.0758. The molecule has 1 atom stereocenters. The Morgan fingerprint density at radius 1 is 1.06 bits per heavy atom. The van der Waals surface area contributed by atoms with Gasteiger partial charge in [0.15, 0.2) is 0 Å². The zero-order chi connectivity index (χ0) is 12.8. The van der Waals surface area contributed by atoms with Gasteiger partial charge in [-0.05, 0) is 30.2 Å². The molecule has 0 amide bonds. The Kier molecular flexibility index (Phi) is 3.98. The molecule has 0 radical (unpaired) electrons. The van der Waals surface area contributed by atoms with Gasteiger partial charge in [-0.1, -0.05) is 42.5 Å². The molecule has 2 aromatic rings. The van der Waals surface area contributed by atoms with E-state index < -0.39 is 0 Å². The van der Waals surface area contributed by atoms with Gasteiger partial charge in [-0.15, -0.1) is 0 Å². The average Bonchev–Trinajstić information content (AvgIpc) is 2.46. The molecule has 0 aliphatic heterocycles. The Balaban J connectivity index is 1.97. The van der Waals surface area contributed by atoms with Crippen molar-refractivity contribution in [1.82, 2.24) is 0 Å². The Bertz CT molecular complexity index is 525. The van der Waals surface area contributed by atoms with Crippen LogP contribution in [0, 0.1) is 11.3 Å². The number of hydrogen-bond acceptors (Lipinski definition) is 2. The quantitative estimate of drug-likeness (QED) is 0.808. The molecule has 0 fully saturated rings. The normalized spacial score (nSPS) is 11.6. The summed E-state index contributed by atoms with van der Waals surface area (Å²) in [6, 6.07) is 20.0. The molecule has 2 rings (SSSR count). The largest absolute Gasteiger partial charge is 0.489 e. The summed E-state index contributed by atoms with van der Waals surface area (Å²) in [6.45, 7) is 2.45. The van der Waals surface area contributed by atoms with Crippen LogP contribution in [0.15, 0.2) is 54.6 Å². The highest BCUT2D eigenvalue weighted by Crippen LogP contribution is 2.19. The fourth-order valence-electron chi connectivity index (χ4n) is 1.67. The third-order valence-electron chi connectivity index (χ3n) is 2.82. The lowest BCUT2D eigenvalue weighted by atomic mass is 10.0. The number of ether oxygens (including phenoxy) is 1. The van der Waals surface area contributed by atoms with Crippen LogP contribution in [0.2, 0.25) is 0 Å². The molecule has 0 saturated carbocycles. The van der Waals surface area contributed by atoms with Gasteiger partial charge in [0.25, 0.3) is 0 Å². The van der Waals surface area contributed by atoms with Gasteiger partial charge in [0.1, 0.15) is 12.4 Å². The summed E-state index contributed by atoms with van der Waals surface area (Å²) in [7, 11) is 0. The number of hydrogen-bond donors (Lipinski definition) is 0. The van der Waals surface area contributed by atoms with Crippen LogP contribution in [0.5, 0.6) is 5.75 Å². The van der Waals surface area contributed by atoms with Gasteiger partial charge in [0.05, 0.1) is 12.0 Å². The lowest BCUT2D eigenvalue weighted by Gasteiger charge is -2.08. The number of benzene rings is 2. The third kappa shape index (κ3) is 3.11. The molecule has 1 unspecified atom stereocenters. The molecule has 0 aliphatic carbocycles. The third-order valence-corrected chi connectivity index (χ3v) is 2.82. The van der Waals surface area contributed by atoms with Gasteiger partial charge in [0, 0.05) is 0 Å². The van der Waals surface area contributed by atoms with E-state index >= 15 is 0 Å². The first-order valence-electron chi connectivity index (χ1n) is 5.96. The fourth-order valence-corrected chi connectivity index (χ4v) is 1.67. The molecular formula is C16H15NO. The highest BCUT2D eigenvalue weighted by atomic mass is 16.5. The van der Waals surface area contributed by atoms with Crippen molar-refractivity contribution in [3.05, 3.63) is 65.7 Å². The van der Waals surface area contributed by atoms with E-state index in [1.165, 1.54) is 0 Å². The van der Waals surface area contributed by atoms with E-state index in [0.29, 0.717) is 6.61 Å². The van der Waals surface area contributed by atoms with Gasteiger partial charge < -0.3 is 4.74 Å². The average molecular weight is 237 g/mol. The maximum atomic E-state index is 8.83. The summed E-state index contributed by atoms with van der Waals surface area (Å²) in [5, 5.41) is 8.83. The van der Waals surface area contributed by atoms with Crippen LogP contribution < -0.4 is 4.74 Å². The van der Waals surface area contributed by atoms with Crippen molar-refractivity contribution < 1.29 is 4.74 Å². The first kappa shape index (κ1) is 12.2. The predicted octanol–water partition coefficient (Wildman–Crippen LogP) is 3.89. The van der Waals surface area contributed by atoms with Crippen LogP contribution in [-0.2, 0) is 6.61 Å². The number of rotatable bonds is 4. The topological polar surface area (TPSA) is 33.0 Å².